The van der Waals surface area contributed by atoms with E-state index in [-0.39, 0.29) is 41.2 Å². The van der Waals surface area contributed by atoms with Gasteiger partial charge in [0.1, 0.15) is 25.5 Å². The molecule has 1 unspecified atom stereocenters. The molecule has 1 aromatic rings. The van der Waals surface area contributed by atoms with E-state index >= 15 is 0 Å². The predicted molar refractivity (Wildman–Crippen MR) is 166 cm³/mol. The van der Waals surface area contributed by atoms with Crippen LogP contribution in [0.2, 0.25) is 0 Å². The van der Waals surface area contributed by atoms with Gasteiger partial charge in [-0.3, -0.25) is 14.5 Å². The first-order valence-electron chi connectivity index (χ1n) is 15.3. The third kappa shape index (κ3) is 6.82. The standard InChI is InChI=1S/C33H46N3O6S/c1-9-27-33(6)28-23(4)36(17-11-13-26(28)30(38)42-33)22(3)19-32(5,18-21(2)29(37)35(7)31(39)41-27)16-10-12-24-14-15-25(43-24)20-34-40-8/h14-15,17,20-23,26-28H,9,11,13,16,18-19H2,1-8H3/q+1/t21-,22-,23-,26?,27-,28+,32+,33-/m1/s1. The Kier molecular flexibility index (Phi) is 10.1. The molecule has 3 aliphatic heterocycles. The van der Waals surface area contributed by atoms with Gasteiger partial charge in [-0.05, 0) is 57.6 Å². The molecule has 0 spiro atoms. The third-order valence-electron chi connectivity index (χ3n) is 9.54. The fourth-order valence-electron chi connectivity index (χ4n) is 7.67. The van der Waals surface area contributed by atoms with Gasteiger partial charge in [-0.2, -0.15) is 0 Å². The largest absolute Gasteiger partial charge is 0.455 e. The summed E-state index contributed by atoms with van der Waals surface area (Å²) in [6.45, 7) is 12.2. The number of nitrogens with zero attached hydrogens (tertiary/aromatic N) is 3. The van der Waals surface area contributed by atoms with Gasteiger partial charge in [0.2, 0.25) is 5.91 Å². The summed E-state index contributed by atoms with van der Waals surface area (Å²) in [5.41, 5.74) is -1.34. The van der Waals surface area contributed by atoms with Gasteiger partial charge in [-0.25, -0.2) is 9.37 Å². The van der Waals surface area contributed by atoms with Gasteiger partial charge in [0.05, 0.1) is 22.9 Å². The minimum Gasteiger partial charge on any atom is -0.455 e. The molecule has 2 amide bonds. The van der Waals surface area contributed by atoms with Crippen molar-refractivity contribution in [1.29, 1.82) is 0 Å². The molecular formula is C33H46N3O6S+. The summed E-state index contributed by atoms with van der Waals surface area (Å²) in [4.78, 5) is 47.8. The predicted octanol–water partition coefficient (Wildman–Crippen LogP) is 5.48. The summed E-state index contributed by atoms with van der Waals surface area (Å²) in [6, 6.07) is 4.01. The molecule has 2 bridgehead atoms. The summed E-state index contributed by atoms with van der Waals surface area (Å²) in [5.74, 6) is 5.27. The van der Waals surface area contributed by atoms with Crippen LogP contribution >= 0.6 is 11.3 Å². The van der Waals surface area contributed by atoms with Crippen LogP contribution in [0.5, 0.6) is 0 Å². The quantitative estimate of drug-likeness (QED) is 0.147. The molecule has 0 N–H and O–H groups in total. The molecule has 10 heteroatoms. The molecule has 234 valence electrons. The number of ether oxygens (including phenoxy) is 2. The van der Waals surface area contributed by atoms with Crippen LogP contribution in [0.1, 0.15) is 89.8 Å². The van der Waals surface area contributed by atoms with Crippen molar-refractivity contribution in [2.45, 2.75) is 104 Å². The van der Waals surface area contributed by atoms with E-state index < -0.39 is 23.7 Å². The van der Waals surface area contributed by atoms with Crippen LogP contribution in [-0.2, 0) is 23.9 Å². The number of amides is 2. The number of carbonyl (C=O) groups excluding carboxylic acids is 3. The summed E-state index contributed by atoms with van der Waals surface area (Å²) in [7, 11) is 2.98. The molecule has 1 aromatic heterocycles. The molecule has 0 aliphatic carbocycles. The number of cyclic esters (lactones) is 1. The zero-order chi connectivity index (χ0) is 31.5. The van der Waals surface area contributed by atoms with Crippen molar-refractivity contribution in [3.8, 4) is 11.8 Å². The van der Waals surface area contributed by atoms with Gasteiger partial charge in [-0.1, -0.05) is 37.8 Å². The van der Waals surface area contributed by atoms with E-state index in [9.17, 15) is 14.4 Å². The number of esters is 1. The van der Waals surface area contributed by atoms with Crippen molar-refractivity contribution >= 4 is 41.7 Å². The van der Waals surface area contributed by atoms with Crippen LogP contribution in [0, 0.1) is 35.0 Å². The molecule has 0 saturated carbocycles. The molecule has 43 heavy (non-hydrogen) atoms. The Morgan fingerprint density at radius 3 is 2.65 bits per heavy atom. The van der Waals surface area contributed by atoms with E-state index in [1.54, 1.807) is 6.21 Å². The number of rotatable bonds is 4. The average Bonchev–Trinajstić information content (AvgIpc) is 3.45. The van der Waals surface area contributed by atoms with Gasteiger partial charge in [0.25, 0.3) is 0 Å². The van der Waals surface area contributed by atoms with E-state index in [0.717, 1.165) is 27.5 Å². The first-order valence-corrected chi connectivity index (χ1v) is 16.1. The lowest BCUT2D eigenvalue weighted by Gasteiger charge is -2.40. The van der Waals surface area contributed by atoms with Gasteiger partial charge in [0.15, 0.2) is 11.6 Å². The Bertz CT molecular complexity index is 1340. The second kappa shape index (κ2) is 13.2. The molecule has 4 heterocycles. The maximum Gasteiger partial charge on any atom is 0.416 e. The van der Waals surface area contributed by atoms with Gasteiger partial charge in [0, 0.05) is 37.1 Å². The van der Waals surface area contributed by atoms with E-state index in [4.69, 9.17) is 14.3 Å². The second-order valence-corrected chi connectivity index (χ2v) is 14.0. The number of oxime groups is 1. The Morgan fingerprint density at radius 2 is 1.95 bits per heavy atom. The highest BCUT2D eigenvalue weighted by molar-refractivity contribution is 7.14. The van der Waals surface area contributed by atoms with E-state index in [1.165, 1.54) is 25.5 Å². The van der Waals surface area contributed by atoms with Crippen LogP contribution in [0.4, 0.5) is 4.79 Å². The second-order valence-electron chi connectivity index (χ2n) is 12.9. The van der Waals surface area contributed by atoms with Crippen LogP contribution in [0.15, 0.2) is 17.3 Å². The molecule has 2 saturated heterocycles. The molecule has 9 nitrogen and oxygen atoms in total. The Labute approximate surface area is 259 Å². The summed E-state index contributed by atoms with van der Waals surface area (Å²) in [5, 5.41) is 3.82. The highest BCUT2D eigenvalue weighted by Crippen LogP contribution is 2.48. The van der Waals surface area contributed by atoms with Gasteiger partial charge >= 0.3 is 12.1 Å². The summed E-state index contributed by atoms with van der Waals surface area (Å²) < 4.78 is 14.5. The van der Waals surface area contributed by atoms with Gasteiger partial charge < -0.3 is 14.3 Å². The van der Waals surface area contributed by atoms with E-state index in [1.807, 2.05) is 32.9 Å². The molecule has 2 fully saturated rings. The van der Waals surface area contributed by atoms with Crippen molar-refractivity contribution < 1.29 is 33.3 Å². The Hall–Kier alpha value is -3.19. The van der Waals surface area contributed by atoms with Crippen LogP contribution in [-0.4, -0.2) is 77.8 Å². The first kappa shape index (κ1) is 32.7. The van der Waals surface area contributed by atoms with Crippen molar-refractivity contribution in [3.63, 3.8) is 0 Å². The third-order valence-corrected chi connectivity index (χ3v) is 10.5. The molecular weight excluding hydrogens is 566 g/mol. The minimum absolute atomic E-state index is 0.0277. The Morgan fingerprint density at radius 1 is 1.21 bits per heavy atom. The number of fused-ring (bicyclic) bond motifs is 1. The van der Waals surface area contributed by atoms with Crippen molar-refractivity contribution in [1.82, 2.24) is 4.90 Å². The number of carbonyl (C=O) groups is 3. The molecule has 0 aromatic carbocycles. The Balaban J connectivity index is 1.71. The van der Waals surface area contributed by atoms with Crippen molar-refractivity contribution in [2.24, 2.45) is 28.3 Å². The maximum atomic E-state index is 13.5. The minimum atomic E-state index is -1.01. The molecule has 0 radical (unpaired) electrons. The fraction of sp³-hybridized carbons (Fsp3) is 0.667. The number of hydrogen-bond acceptors (Lipinski definition) is 8. The summed E-state index contributed by atoms with van der Waals surface area (Å²) in [6.07, 6.45) is 6.34. The number of thiophene rings is 1. The van der Waals surface area contributed by atoms with Crippen molar-refractivity contribution in [2.75, 3.05) is 14.2 Å². The topological polar surface area (TPSA) is 97.5 Å². The summed E-state index contributed by atoms with van der Waals surface area (Å²) >= 11 is 1.54. The number of imide groups is 1. The smallest absolute Gasteiger partial charge is 0.416 e. The van der Waals surface area contributed by atoms with Crippen molar-refractivity contribution in [3.05, 3.63) is 21.9 Å². The van der Waals surface area contributed by atoms with E-state index in [0.29, 0.717) is 25.7 Å². The van der Waals surface area contributed by atoms with Crippen LogP contribution in [0.3, 0.4) is 0 Å². The fourth-order valence-corrected chi connectivity index (χ4v) is 8.42. The van der Waals surface area contributed by atoms with Crippen LogP contribution in [0.25, 0.3) is 0 Å². The molecule has 4 rings (SSSR count). The highest BCUT2D eigenvalue weighted by Gasteiger charge is 2.62. The van der Waals surface area contributed by atoms with E-state index in [2.05, 4.69) is 48.6 Å². The lowest BCUT2D eigenvalue weighted by Crippen LogP contribution is -2.55. The number of hydrogen-bond donors (Lipinski definition) is 0. The van der Waals surface area contributed by atoms with Crippen LogP contribution < -0.4 is 0 Å². The zero-order valence-electron chi connectivity index (χ0n) is 26.7. The maximum absolute atomic E-state index is 13.5. The molecule has 8 atom stereocenters. The first-order chi connectivity index (χ1) is 20.3. The lowest BCUT2D eigenvalue weighted by atomic mass is 9.72. The monoisotopic (exact) mass is 612 g/mol. The SMILES string of the molecule is CC[C@H]1OC(=O)N(C)C(=O)[C@H](C)C[C@](C)(CC#Cc2ccc(C=NOC)s2)C[C@@H](C)[N+]2=CCCC3C(=O)O[C@@]1(C)[C@H]3[C@H]2C. The normalized spacial score (nSPS) is 35.3. The molecule has 3 aliphatic rings. The average molecular weight is 613 g/mol. The lowest BCUT2D eigenvalue weighted by molar-refractivity contribution is -0.604. The zero-order valence-corrected chi connectivity index (χ0v) is 27.5. The highest BCUT2D eigenvalue weighted by atomic mass is 32.1. The van der Waals surface area contributed by atoms with Gasteiger partial charge in [-0.15, -0.1) is 11.3 Å².